The fourth-order valence-corrected chi connectivity index (χ4v) is 2.42. The Bertz CT molecular complexity index is 194. The highest BCUT2D eigenvalue weighted by Crippen LogP contribution is 2.13. The molecule has 1 saturated heterocycles. The van der Waals surface area contributed by atoms with E-state index in [1.807, 2.05) is 11.8 Å². The molecule has 1 rings (SSSR count). The molecule has 4 heteroatoms. The summed E-state index contributed by atoms with van der Waals surface area (Å²) in [5, 5.41) is 6.45. The van der Waals surface area contributed by atoms with Gasteiger partial charge in [0.2, 0.25) is 0 Å². The lowest BCUT2D eigenvalue weighted by Crippen LogP contribution is -2.44. The number of piperidine rings is 1. The zero-order valence-electron chi connectivity index (χ0n) is 11.7. The van der Waals surface area contributed by atoms with Crippen LogP contribution >= 0.6 is 11.8 Å². The predicted octanol–water partition coefficient (Wildman–Crippen LogP) is 2.52. The van der Waals surface area contributed by atoms with Gasteiger partial charge >= 0.3 is 0 Å². The van der Waals surface area contributed by atoms with E-state index in [1.54, 1.807) is 0 Å². The number of nitrogens with zero attached hydrogens (tertiary/aromatic N) is 1. The molecule has 1 aliphatic heterocycles. The maximum absolute atomic E-state index is 5.80. The summed E-state index contributed by atoms with van der Waals surface area (Å²) >= 11 is 1.91. The van der Waals surface area contributed by atoms with Gasteiger partial charge in [0, 0.05) is 30.4 Å². The molecule has 102 valence electrons. The van der Waals surface area contributed by atoms with Crippen molar-refractivity contribution in [1.29, 1.82) is 0 Å². The zero-order chi connectivity index (χ0) is 12.7. The third kappa shape index (κ3) is 6.65. The monoisotopic (exact) mass is 260 g/mol. The van der Waals surface area contributed by atoms with Gasteiger partial charge in [-0.05, 0) is 25.5 Å². The molecule has 0 spiro atoms. The van der Waals surface area contributed by atoms with Gasteiger partial charge in [-0.25, -0.2) is 0 Å². The molecule has 1 fully saturated rings. The minimum atomic E-state index is 0.592. The summed E-state index contributed by atoms with van der Waals surface area (Å²) in [5.41, 5.74) is 0. The van der Waals surface area contributed by atoms with E-state index >= 15 is 0 Å². The van der Waals surface area contributed by atoms with Crippen LogP contribution in [0.2, 0.25) is 0 Å². The number of hydrogen-bond donors (Lipinski definition) is 1. The van der Waals surface area contributed by atoms with E-state index in [4.69, 9.17) is 4.84 Å². The van der Waals surface area contributed by atoms with E-state index in [1.165, 1.54) is 12.8 Å². The number of hydrogen-bond acceptors (Lipinski definition) is 4. The summed E-state index contributed by atoms with van der Waals surface area (Å²) in [7, 11) is 0. The Morgan fingerprint density at radius 1 is 1.29 bits per heavy atom. The molecule has 3 nitrogen and oxygen atoms in total. The van der Waals surface area contributed by atoms with E-state index in [0.29, 0.717) is 17.3 Å². The van der Waals surface area contributed by atoms with Crippen LogP contribution in [0.5, 0.6) is 0 Å². The molecule has 1 heterocycles. The average molecular weight is 260 g/mol. The van der Waals surface area contributed by atoms with Gasteiger partial charge < -0.3 is 5.32 Å². The summed E-state index contributed by atoms with van der Waals surface area (Å²) in [4.78, 5) is 5.80. The number of hydroxylamine groups is 2. The van der Waals surface area contributed by atoms with Crippen molar-refractivity contribution >= 4 is 11.8 Å². The van der Waals surface area contributed by atoms with Crippen LogP contribution in [-0.2, 0) is 4.84 Å². The Kier molecular flexibility index (Phi) is 7.51. The second-order valence-corrected chi connectivity index (χ2v) is 6.47. The van der Waals surface area contributed by atoms with Crippen LogP contribution in [0, 0.1) is 0 Å². The van der Waals surface area contributed by atoms with Crippen LogP contribution in [0.1, 0.15) is 40.0 Å². The summed E-state index contributed by atoms with van der Waals surface area (Å²) in [5.74, 6) is 0. The van der Waals surface area contributed by atoms with Crippen molar-refractivity contribution < 1.29 is 4.84 Å². The Hall–Kier alpha value is 0.230. The first-order valence-electron chi connectivity index (χ1n) is 6.78. The van der Waals surface area contributed by atoms with Crippen molar-refractivity contribution in [3.05, 3.63) is 0 Å². The lowest BCUT2D eigenvalue weighted by atomic mass is 10.1. The average Bonchev–Trinajstić information content (AvgIpc) is 2.30. The van der Waals surface area contributed by atoms with E-state index in [2.05, 4.69) is 37.4 Å². The van der Waals surface area contributed by atoms with Crippen molar-refractivity contribution in [2.45, 2.75) is 57.4 Å². The molecule has 1 atom stereocenters. The second-order valence-electron chi connectivity index (χ2n) is 5.19. The van der Waals surface area contributed by atoms with Crippen LogP contribution in [0.15, 0.2) is 0 Å². The maximum Gasteiger partial charge on any atom is 0.0695 e. The summed E-state index contributed by atoms with van der Waals surface area (Å²) in [6.45, 7) is 9.69. The number of nitrogens with one attached hydrogen (secondary N) is 1. The maximum atomic E-state index is 5.80. The molecule has 0 amide bonds. The highest BCUT2D eigenvalue weighted by atomic mass is 32.2. The van der Waals surface area contributed by atoms with E-state index < -0.39 is 0 Å². The largest absolute Gasteiger partial charge is 0.312 e. The summed E-state index contributed by atoms with van der Waals surface area (Å²) in [6.07, 6.45) is 5.71. The minimum absolute atomic E-state index is 0.592. The molecule has 1 N–H and O–H groups in total. The van der Waals surface area contributed by atoms with Crippen molar-refractivity contribution in [3.8, 4) is 0 Å². The lowest BCUT2D eigenvalue weighted by Gasteiger charge is -2.32. The Morgan fingerprint density at radius 2 is 1.94 bits per heavy atom. The first-order chi connectivity index (χ1) is 8.11. The third-order valence-corrected chi connectivity index (χ3v) is 4.26. The number of thioether (sulfide) groups is 1. The molecule has 0 aromatic carbocycles. The minimum Gasteiger partial charge on any atom is -0.312 e. The smallest absolute Gasteiger partial charge is 0.0695 e. The molecule has 0 aromatic heterocycles. The summed E-state index contributed by atoms with van der Waals surface area (Å²) in [6, 6.07) is 1.27. The molecular formula is C13H28N2OS. The highest BCUT2D eigenvalue weighted by molar-refractivity contribution is 7.99. The van der Waals surface area contributed by atoms with Gasteiger partial charge in [-0.3, -0.25) is 4.84 Å². The van der Waals surface area contributed by atoms with Gasteiger partial charge in [0.05, 0.1) is 6.61 Å². The van der Waals surface area contributed by atoms with Crippen LogP contribution in [-0.4, -0.2) is 48.3 Å². The topological polar surface area (TPSA) is 24.5 Å². The normalized spacial score (nSPS) is 21.0. The first kappa shape index (κ1) is 15.3. The van der Waals surface area contributed by atoms with Gasteiger partial charge in [0.15, 0.2) is 0 Å². The number of rotatable bonds is 7. The molecule has 0 aromatic rings. The summed E-state index contributed by atoms with van der Waals surface area (Å²) < 4.78 is 0. The highest BCUT2D eigenvalue weighted by Gasteiger charge is 2.19. The molecular weight excluding hydrogens is 232 g/mol. The van der Waals surface area contributed by atoms with Gasteiger partial charge in [-0.2, -0.15) is 16.8 Å². The Balaban J connectivity index is 2.06. The van der Waals surface area contributed by atoms with Crippen molar-refractivity contribution in [2.24, 2.45) is 0 Å². The second kappa shape index (κ2) is 8.35. The van der Waals surface area contributed by atoms with Crippen LogP contribution < -0.4 is 5.32 Å². The quantitative estimate of drug-likeness (QED) is 0.760. The van der Waals surface area contributed by atoms with Gasteiger partial charge in [0.25, 0.3) is 0 Å². The van der Waals surface area contributed by atoms with E-state index in [-0.39, 0.29) is 0 Å². The fourth-order valence-electron chi connectivity index (χ4n) is 2.09. The Morgan fingerprint density at radius 3 is 2.47 bits per heavy atom. The molecule has 0 bridgehead atoms. The first-order valence-corrected chi connectivity index (χ1v) is 8.07. The SMILES string of the molecule is CSC(C)CCON1CCC(NC(C)C)CC1. The van der Waals surface area contributed by atoms with Crippen molar-refractivity contribution in [3.63, 3.8) is 0 Å². The van der Waals surface area contributed by atoms with Gasteiger partial charge in [-0.1, -0.05) is 20.8 Å². The van der Waals surface area contributed by atoms with Crippen molar-refractivity contribution in [2.75, 3.05) is 26.0 Å². The molecule has 0 radical (unpaired) electrons. The zero-order valence-corrected chi connectivity index (χ0v) is 12.6. The third-order valence-electron chi connectivity index (χ3n) is 3.22. The molecule has 1 aliphatic rings. The van der Waals surface area contributed by atoms with Crippen LogP contribution in [0.4, 0.5) is 0 Å². The van der Waals surface area contributed by atoms with E-state index in [9.17, 15) is 0 Å². The standard InChI is InChI=1S/C13H28N2OS/c1-11(2)14-13-5-8-15(9-6-13)16-10-7-12(3)17-4/h11-14H,5-10H2,1-4H3. The van der Waals surface area contributed by atoms with Crippen molar-refractivity contribution in [1.82, 2.24) is 10.4 Å². The van der Waals surface area contributed by atoms with Gasteiger partial charge in [-0.15, -0.1) is 0 Å². The van der Waals surface area contributed by atoms with Crippen LogP contribution in [0.3, 0.4) is 0 Å². The predicted molar refractivity (Wildman–Crippen MR) is 76.4 cm³/mol. The van der Waals surface area contributed by atoms with Crippen LogP contribution in [0.25, 0.3) is 0 Å². The molecule has 17 heavy (non-hydrogen) atoms. The molecule has 1 unspecified atom stereocenters. The van der Waals surface area contributed by atoms with E-state index in [0.717, 1.165) is 26.1 Å². The Labute approximate surface area is 111 Å². The van der Waals surface area contributed by atoms with Gasteiger partial charge in [0.1, 0.15) is 0 Å². The molecule has 0 aliphatic carbocycles. The fraction of sp³-hybridized carbons (Fsp3) is 1.00. The lowest BCUT2D eigenvalue weighted by molar-refractivity contribution is -0.171. The molecule has 0 saturated carbocycles.